The zero-order valence-electron chi connectivity index (χ0n) is 12.5. The predicted octanol–water partition coefficient (Wildman–Crippen LogP) is 3.88. The molecule has 108 valence electrons. The standard InChI is InChI=1S/C17H23NO2/c1-12-8-13(2)10-14(9-12)11-18-16-7-5-4-6-15(16)17(19)20-3/h4-8,12,14,18H,9-11H2,1-3H3. The second kappa shape index (κ2) is 6.60. The Kier molecular flexibility index (Phi) is 4.83. The second-order valence-electron chi connectivity index (χ2n) is 5.71. The molecule has 0 aliphatic heterocycles. The van der Waals surface area contributed by atoms with Crippen molar-refractivity contribution in [2.45, 2.75) is 26.7 Å². The molecule has 0 saturated carbocycles. The first kappa shape index (κ1) is 14.6. The van der Waals surface area contributed by atoms with Gasteiger partial charge in [0.2, 0.25) is 0 Å². The largest absolute Gasteiger partial charge is 0.465 e. The van der Waals surface area contributed by atoms with Gasteiger partial charge in [0, 0.05) is 12.2 Å². The zero-order valence-corrected chi connectivity index (χ0v) is 12.5. The number of esters is 1. The number of benzene rings is 1. The Morgan fingerprint density at radius 3 is 2.85 bits per heavy atom. The van der Waals surface area contributed by atoms with E-state index in [2.05, 4.69) is 25.2 Å². The Hall–Kier alpha value is -1.77. The number of hydrogen-bond acceptors (Lipinski definition) is 3. The van der Waals surface area contributed by atoms with Crippen LogP contribution >= 0.6 is 0 Å². The second-order valence-corrected chi connectivity index (χ2v) is 5.71. The highest BCUT2D eigenvalue weighted by Crippen LogP contribution is 2.28. The summed E-state index contributed by atoms with van der Waals surface area (Å²) >= 11 is 0. The summed E-state index contributed by atoms with van der Waals surface area (Å²) < 4.78 is 4.81. The van der Waals surface area contributed by atoms with E-state index in [0.29, 0.717) is 17.4 Å². The zero-order chi connectivity index (χ0) is 14.5. The van der Waals surface area contributed by atoms with Crippen molar-refractivity contribution in [3.63, 3.8) is 0 Å². The van der Waals surface area contributed by atoms with Gasteiger partial charge in [0.15, 0.2) is 0 Å². The lowest BCUT2D eigenvalue weighted by Crippen LogP contribution is -2.21. The number of nitrogens with one attached hydrogen (secondary N) is 1. The van der Waals surface area contributed by atoms with Crippen LogP contribution in [0, 0.1) is 11.8 Å². The molecule has 0 bridgehead atoms. The maximum atomic E-state index is 11.7. The van der Waals surface area contributed by atoms with Crippen LogP contribution in [-0.2, 0) is 4.74 Å². The molecule has 2 unspecified atom stereocenters. The van der Waals surface area contributed by atoms with Crippen molar-refractivity contribution in [3.8, 4) is 0 Å². The van der Waals surface area contributed by atoms with Crippen molar-refractivity contribution in [2.75, 3.05) is 19.0 Å². The van der Waals surface area contributed by atoms with Gasteiger partial charge >= 0.3 is 5.97 Å². The van der Waals surface area contributed by atoms with Gasteiger partial charge in [0.1, 0.15) is 0 Å². The minimum atomic E-state index is -0.291. The summed E-state index contributed by atoms with van der Waals surface area (Å²) in [4.78, 5) is 11.7. The predicted molar refractivity (Wildman–Crippen MR) is 81.9 cm³/mol. The summed E-state index contributed by atoms with van der Waals surface area (Å²) in [5.41, 5.74) is 2.93. The first-order valence-electron chi connectivity index (χ1n) is 7.18. The van der Waals surface area contributed by atoms with Gasteiger partial charge in [-0.3, -0.25) is 0 Å². The summed E-state index contributed by atoms with van der Waals surface area (Å²) in [6, 6.07) is 7.51. The normalized spacial score (nSPS) is 22.1. The molecule has 3 nitrogen and oxygen atoms in total. The summed E-state index contributed by atoms with van der Waals surface area (Å²) in [6.07, 6.45) is 4.70. The third-order valence-corrected chi connectivity index (χ3v) is 3.80. The quantitative estimate of drug-likeness (QED) is 0.668. The number of allylic oxidation sites excluding steroid dienone is 2. The fourth-order valence-electron chi connectivity index (χ4n) is 3.02. The van der Waals surface area contributed by atoms with Gasteiger partial charge in [-0.2, -0.15) is 0 Å². The Labute approximate surface area is 121 Å². The van der Waals surface area contributed by atoms with Crippen LogP contribution < -0.4 is 5.32 Å². The molecule has 2 rings (SSSR count). The highest BCUT2D eigenvalue weighted by atomic mass is 16.5. The fourth-order valence-corrected chi connectivity index (χ4v) is 3.02. The van der Waals surface area contributed by atoms with Crippen LogP contribution in [0.5, 0.6) is 0 Å². The minimum Gasteiger partial charge on any atom is -0.465 e. The van der Waals surface area contributed by atoms with Crippen LogP contribution in [0.3, 0.4) is 0 Å². The molecule has 20 heavy (non-hydrogen) atoms. The summed E-state index contributed by atoms with van der Waals surface area (Å²) in [5.74, 6) is 0.980. The minimum absolute atomic E-state index is 0.291. The van der Waals surface area contributed by atoms with Crippen LogP contribution in [0.15, 0.2) is 35.9 Å². The summed E-state index contributed by atoms with van der Waals surface area (Å²) in [6.45, 7) is 5.35. The molecule has 0 radical (unpaired) electrons. The average molecular weight is 273 g/mol. The highest BCUT2D eigenvalue weighted by molar-refractivity contribution is 5.95. The SMILES string of the molecule is COC(=O)c1ccccc1NCC1CC(C)=CC(C)C1. The smallest absolute Gasteiger partial charge is 0.339 e. The van der Waals surface area contributed by atoms with Crippen molar-refractivity contribution < 1.29 is 9.53 Å². The van der Waals surface area contributed by atoms with Crippen molar-refractivity contribution in [3.05, 3.63) is 41.5 Å². The molecule has 0 spiro atoms. The Balaban J connectivity index is 2.01. The molecule has 0 saturated heterocycles. The van der Waals surface area contributed by atoms with E-state index in [4.69, 9.17) is 4.74 Å². The number of para-hydroxylation sites is 1. The van der Waals surface area contributed by atoms with Crippen molar-refractivity contribution >= 4 is 11.7 Å². The van der Waals surface area contributed by atoms with Crippen LogP contribution in [0.1, 0.15) is 37.0 Å². The van der Waals surface area contributed by atoms with Crippen molar-refractivity contribution in [1.82, 2.24) is 0 Å². The molecule has 0 heterocycles. The van der Waals surface area contributed by atoms with Crippen molar-refractivity contribution in [1.29, 1.82) is 0 Å². The Morgan fingerprint density at radius 2 is 2.15 bits per heavy atom. The van der Waals surface area contributed by atoms with E-state index >= 15 is 0 Å². The van der Waals surface area contributed by atoms with Gasteiger partial charge in [0.25, 0.3) is 0 Å². The summed E-state index contributed by atoms with van der Waals surface area (Å²) in [7, 11) is 1.41. The number of hydrogen-bond donors (Lipinski definition) is 1. The molecule has 0 aromatic heterocycles. The maximum absolute atomic E-state index is 11.7. The van der Waals surface area contributed by atoms with E-state index < -0.39 is 0 Å². The lowest BCUT2D eigenvalue weighted by Gasteiger charge is -2.26. The number of anilines is 1. The van der Waals surface area contributed by atoms with E-state index in [1.54, 1.807) is 6.07 Å². The van der Waals surface area contributed by atoms with Crippen molar-refractivity contribution in [2.24, 2.45) is 11.8 Å². The van der Waals surface area contributed by atoms with Gasteiger partial charge in [-0.05, 0) is 43.7 Å². The average Bonchev–Trinajstić information content (AvgIpc) is 2.43. The van der Waals surface area contributed by atoms with Gasteiger partial charge in [0.05, 0.1) is 12.7 Å². The van der Waals surface area contributed by atoms with Gasteiger partial charge in [-0.25, -0.2) is 4.79 Å². The molecular weight excluding hydrogens is 250 g/mol. The Morgan fingerprint density at radius 1 is 1.40 bits per heavy atom. The number of ether oxygens (including phenoxy) is 1. The molecule has 1 aliphatic carbocycles. The lowest BCUT2D eigenvalue weighted by molar-refractivity contribution is 0.0602. The third kappa shape index (κ3) is 3.62. The molecule has 0 fully saturated rings. The topological polar surface area (TPSA) is 38.3 Å². The third-order valence-electron chi connectivity index (χ3n) is 3.80. The molecule has 3 heteroatoms. The first-order valence-corrected chi connectivity index (χ1v) is 7.18. The number of methoxy groups -OCH3 is 1. The molecule has 1 aromatic carbocycles. The monoisotopic (exact) mass is 273 g/mol. The molecule has 2 atom stereocenters. The summed E-state index contributed by atoms with van der Waals surface area (Å²) in [5, 5.41) is 3.41. The van der Waals surface area contributed by atoms with Crippen LogP contribution in [0.2, 0.25) is 0 Å². The molecule has 1 aromatic rings. The van der Waals surface area contributed by atoms with Crippen LogP contribution in [0.4, 0.5) is 5.69 Å². The first-order chi connectivity index (χ1) is 9.60. The van der Waals surface area contributed by atoms with Crippen LogP contribution in [0.25, 0.3) is 0 Å². The molecule has 0 amide bonds. The molecule has 1 N–H and O–H groups in total. The van der Waals surface area contributed by atoms with E-state index in [1.165, 1.54) is 19.1 Å². The van der Waals surface area contributed by atoms with Crippen LogP contribution in [-0.4, -0.2) is 19.6 Å². The maximum Gasteiger partial charge on any atom is 0.339 e. The van der Waals surface area contributed by atoms with E-state index in [1.807, 2.05) is 18.2 Å². The molecular formula is C17H23NO2. The van der Waals surface area contributed by atoms with Gasteiger partial charge in [-0.1, -0.05) is 30.7 Å². The van der Waals surface area contributed by atoms with E-state index in [0.717, 1.165) is 18.7 Å². The van der Waals surface area contributed by atoms with Gasteiger partial charge < -0.3 is 10.1 Å². The van der Waals surface area contributed by atoms with E-state index in [9.17, 15) is 4.79 Å². The number of carbonyl (C=O) groups is 1. The number of rotatable bonds is 4. The fraction of sp³-hybridized carbons (Fsp3) is 0.471. The molecule has 1 aliphatic rings. The van der Waals surface area contributed by atoms with E-state index in [-0.39, 0.29) is 5.97 Å². The Bertz CT molecular complexity index is 507. The van der Waals surface area contributed by atoms with Gasteiger partial charge in [-0.15, -0.1) is 0 Å². The lowest BCUT2D eigenvalue weighted by atomic mass is 9.83. The highest BCUT2D eigenvalue weighted by Gasteiger charge is 2.18. The number of carbonyl (C=O) groups excluding carboxylic acids is 1.